The Labute approximate surface area is 156 Å². The molecule has 26 heavy (non-hydrogen) atoms. The topological polar surface area (TPSA) is 71.2 Å². The van der Waals surface area contributed by atoms with Crippen LogP contribution in [0.5, 0.6) is 0 Å². The van der Waals surface area contributed by atoms with Crippen molar-refractivity contribution in [3.63, 3.8) is 0 Å². The van der Waals surface area contributed by atoms with Gasteiger partial charge in [0.2, 0.25) is 0 Å². The highest BCUT2D eigenvalue weighted by Crippen LogP contribution is 2.35. The number of fused-ring (bicyclic) bond motifs is 1. The highest BCUT2D eigenvalue weighted by molar-refractivity contribution is 6.33. The Balaban J connectivity index is 1.84. The molecule has 0 radical (unpaired) electrons. The lowest BCUT2D eigenvalue weighted by atomic mass is 10.0. The van der Waals surface area contributed by atoms with Gasteiger partial charge in [0.05, 0.1) is 5.02 Å². The van der Waals surface area contributed by atoms with Crippen LogP contribution in [0.2, 0.25) is 5.02 Å². The number of piperidine rings is 1. The van der Waals surface area contributed by atoms with E-state index in [2.05, 4.69) is 4.57 Å². The minimum Gasteiger partial charge on any atom is -0.465 e. The number of benzene rings is 1. The molecule has 0 atom stereocenters. The molecule has 0 saturated carbocycles. The van der Waals surface area contributed by atoms with Crippen molar-refractivity contribution >= 4 is 28.9 Å². The maximum absolute atomic E-state index is 11.2. The van der Waals surface area contributed by atoms with E-state index in [-0.39, 0.29) is 6.04 Å². The maximum Gasteiger partial charge on any atom is 0.407 e. The largest absolute Gasteiger partial charge is 0.465 e. The summed E-state index contributed by atoms with van der Waals surface area (Å²) in [5.41, 5.74) is 3.44. The average molecular weight is 371 g/mol. The predicted octanol–water partition coefficient (Wildman–Crippen LogP) is 4.38. The van der Waals surface area contributed by atoms with Crippen LogP contribution in [0.4, 0.5) is 4.79 Å². The van der Waals surface area contributed by atoms with Crippen LogP contribution in [-0.4, -0.2) is 43.7 Å². The van der Waals surface area contributed by atoms with Crippen molar-refractivity contribution in [1.82, 2.24) is 19.4 Å². The molecule has 1 aliphatic rings. The summed E-state index contributed by atoms with van der Waals surface area (Å²) in [6.45, 7) is 2.97. The molecule has 3 heterocycles. The van der Waals surface area contributed by atoms with E-state index in [1.807, 2.05) is 43.3 Å². The molecule has 1 aromatic carbocycles. The predicted molar refractivity (Wildman–Crippen MR) is 101 cm³/mol. The van der Waals surface area contributed by atoms with E-state index in [4.69, 9.17) is 21.6 Å². The fourth-order valence-corrected chi connectivity index (χ4v) is 3.78. The molecule has 0 aliphatic carbocycles. The molecule has 1 saturated heterocycles. The molecular formula is C19H19ClN4O2. The minimum atomic E-state index is -0.862. The zero-order valence-corrected chi connectivity index (χ0v) is 15.1. The first kappa shape index (κ1) is 16.8. The number of likely N-dealkylation sites (tertiary alicyclic amines) is 1. The highest BCUT2D eigenvalue weighted by atomic mass is 35.5. The smallest absolute Gasteiger partial charge is 0.407 e. The first-order valence-corrected chi connectivity index (χ1v) is 9.01. The van der Waals surface area contributed by atoms with Gasteiger partial charge in [0.25, 0.3) is 0 Å². The molecule has 0 spiro atoms. The third-order valence-corrected chi connectivity index (χ3v) is 5.22. The van der Waals surface area contributed by atoms with Gasteiger partial charge in [-0.1, -0.05) is 23.7 Å². The first-order valence-electron chi connectivity index (χ1n) is 8.63. The van der Waals surface area contributed by atoms with Crippen molar-refractivity contribution in [3.05, 3.63) is 47.1 Å². The van der Waals surface area contributed by atoms with Crippen LogP contribution in [0.25, 0.3) is 22.6 Å². The summed E-state index contributed by atoms with van der Waals surface area (Å²) in [5.74, 6) is 0.789. The number of halogens is 1. The Morgan fingerprint density at radius 3 is 2.58 bits per heavy atom. The molecule has 6 nitrogen and oxygen atoms in total. The van der Waals surface area contributed by atoms with E-state index < -0.39 is 6.09 Å². The van der Waals surface area contributed by atoms with E-state index in [1.54, 1.807) is 0 Å². The molecule has 2 aromatic heterocycles. The lowest BCUT2D eigenvalue weighted by Gasteiger charge is -2.31. The van der Waals surface area contributed by atoms with Gasteiger partial charge >= 0.3 is 6.09 Å². The van der Waals surface area contributed by atoms with Gasteiger partial charge in [-0.2, -0.15) is 0 Å². The quantitative estimate of drug-likeness (QED) is 0.726. The monoisotopic (exact) mass is 370 g/mol. The Bertz CT molecular complexity index is 977. The molecular weight excluding hydrogens is 352 g/mol. The van der Waals surface area contributed by atoms with E-state index in [0.717, 1.165) is 41.1 Å². The second-order valence-electron chi connectivity index (χ2n) is 6.58. The zero-order chi connectivity index (χ0) is 18.3. The van der Waals surface area contributed by atoms with Crippen LogP contribution in [0.1, 0.15) is 24.6 Å². The summed E-state index contributed by atoms with van der Waals surface area (Å²) < 4.78 is 2.14. The number of hydrogen-bond acceptors (Lipinski definition) is 3. The number of pyridine rings is 1. The molecule has 0 bridgehead atoms. The zero-order valence-electron chi connectivity index (χ0n) is 14.4. The van der Waals surface area contributed by atoms with Crippen molar-refractivity contribution in [2.24, 2.45) is 0 Å². The van der Waals surface area contributed by atoms with Crippen molar-refractivity contribution in [2.45, 2.75) is 25.8 Å². The van der Waals surface area contributed by atoms with Crippen LogP contribution in [0, 0.1) is 6.92 Å². The average Bonchev–Trinajstić information content (AvgIpc) is 3.00. The number of hydrogen-bond donors (Lipinski definition) is 1. The van der Waals surface area contributed by atoms with Gasteiger partial charge in [0, 0.05) is 30.4 Å². The fourth-order valence-electron chi connectivity index (χ4n) is 3.56. The maximum atomic E-state index is 11.2. The van der Waals surface area contributed by atoms with Gasteiger partial charge in [0.1, 0.15) is 11.3 Å². The summed E-state index contributed by atoms with van der Waals surface area (Å²) in [6.07, 6.45) is 0.592. The molecule has 4 rings (SSSR count). The van der Waals surface area contributed by atoms with Gasteiger partial charge in [0.15, 0.2) is 5.65 Å². The summed E-state index contributed by atoms with van der Waals surface area (Å²) in [4.78, 5) is 22.2. The second kappa shape index (κ2) is 6.61. The van der Waals surface area contributed by atoms with Crippen LogP contribution >= 0.6 is 11.6 Å². The standard InChI is InChI=1S/C19H19ClN4O2/c1-12-6-7-16-18(21-12)24(13-8-10-23(11-9-13)19(25)26)17(22-16)14-4-2-3-5-15(14)20/h2-7,13H,8-11H2,1H3,(H,25,26). The Hall–Kier alpha value is -2.60. The first-order chi connectivity index (χ1) is 12.5. The molecule has 1 aliphatic heterocycles. The lowest BCUT2D eigenvalue weighted by molar-refractivity contribution is 0.126. The third kappa shape index (κ3) is 2.90. The summed E-state index contributed by atoms with van der Waals surface area (Å²) >= 11 is 6.43. The van der Waals surface area contributed by atoms with Gasteiger partial charge < -0.3 is 14.6 Å². The van der Waals surface area contributed by atoms with Crippen molar-refractivity contribution in [2.75, 3.05) is 13.1 Å². The third-order valence-electron chi connectivity index (χ3n) is 4.89. The molecule has 134 valence electrons. The number of carbonyl (C=O) groups is 1. The highest BCUT2D eigenvalue weighted by Gasteiger charge is 2.28. The van der Waals surface area contributed by atoms with Crippen molar-refractivity contribution in [3.8, 4) is 11.4 Å². The number of aromatic nitrogens is 3. The van der Waals surface area contributed by atoms with Crippen LogP contribution in [0.15, 0.2) is 36.4 Å². The molecule has 0 unspecified atom stereocenters. The summed E-state index contributed by atoms with van der Waals surface area (Å²) in [6, 6.07) is 11.7. The number of amides is 1. The van der Waals surface area contributed by atoms with E-state index in [1.165, 1.54) is 4.90 Å². The van der Waals surface area contributed by atoms with Crippen LogP contribution < -0.4 is 0 Å². The lowest BCUT2D eigenvalue weighted by Crippen LogP contribution is -2.38. The van der Waals surface area contributed by atoms with Crippen molar-refractivity contribution in [1.29, 1.82) is 0 Å². The van der Waals surface area contributed by atoms with Crippen molar-refractivity contribution < 1.29 is 9.90 Å². The number of aryl methyl sites for hydroxylation is 1. The van der Waals surface area contributed by atoms with Crippen LogP contribution in [-0.2, 0) is 0 Å². The SMILES string of the molecule is Cc1ccc2nc(-c3ccccc3Cl)n(C3CCN(C(=O)O)CC3)c2n1. The molecule has 1 amide bonds. The summed E-state index contributed by atoms with van der Waals surface area (Å²) in [7, 11) is 0. The van der Waals surface area contributed by atoms with E-state index >= 15 is 0 Å². The normalized spacial score (nSPS) is 15.5. The van der Waals surface area contributed by atoms with Gasteiger partial charge in [-0.15, -0.1) is 0 Å². The second-order valence-corrected chi connectivity index (χ2v) is 6.99. The molecule has 7 heteroatoms. The molecule has 1 N–H and O–H groups in total. The molecule has 3 aromatic rings. The number of nitrogens with zero attached hydrogens (tertiary/aromatic N) is 4. The number of imidazole rings is 1. The Kier molecular flexibility index (Phi) is 4.28. The minimum absolute atomic E-state index is 0.135. The van der Waals surface area contributed by atoms with Crippen LogP contribution in [0.3, 0.4) is 0 Å². The molecule has 1 fully saturated rings. The fraction of sp³-hybridized carbons (Fsp3) is 0.316. The number of carboxylic acid groups (broad SMARTS) is 1. The Morgan fingerprint density at radius 2 is 1.88 bits per heavy atom. The summed E-state index contributed by atoms with van der Waals surface area (Å²) in [5, 5.41) is 9.85. The van der Waals surface area contributed by atoms with Gasteiger partial charge in [-0.3, -0.25) is 0 Å². The van der Waals surface area contributed by atoms with E-state index in [0.29, 0.717) is 18.1 Å². The van der Waals surface area contributed by atoms with Gasteiger partial charge in [-0.25, -0.2) is 14.8 Å². The Morgan fingerprint density at radius 1 is 1.15 bits per heavy atom. The van der Waals surface area contributed by atoms with Gasteiger partial charge in [-0.05, 0) is 44.0 Å². The van der Waals surface area contributed by atoms with E-state index in [9.17, 15) is 9.90 Å². The number of rotatable bonds is 2.